The van der Waals surface area contributed by atoms with Gasteiger partial charge in [-0.1, -0.05) is 73.7 Å². The summed E-state index contributed by atoms with van der Waals surface area (Å²) >= 11 is 0. The standard InChI is InChI=1S/C31H23NO/c1-21(22-8-4-2-5-9-22)24-16-17-32-29(20-24)26-13-15-31-28(19-26)27-18-25(12-14-30(27)33-31)23-10-6-3-7-11-23/h2-21H,1H3. The van der Waals surface area contributed by atoms with Crippen LogP contribution in [0, 0.1) is 0 Å². The highest BCUT2D eigenvalue weighted by Gasteiger charge is 2.13. The Labute approximate surface area is 193 Å². The van der Waals surface area contributed by atoms with E-state index in [4.69, 9.17) is 9.40 Å². The lowest BCUT2D eigenvalue weighted by Gasteiger charge is -2.13. The average Bonchev–Trinajstić information content (AvgIpc) is 3.26. The van der Waals surface area contributed by atoms with Crippen molar-refractivity contribution in [2.75, 3.05) is 0 Å². The predicted molar refractivity (Wildman–Crippen MR) is 136 cm³/mol. The Bertz CT molecular complexity index is 1570. The third-order valence-electron chi connectivity index (χ3n) is 6.46. The van der Waals surface area contributed by atoms with Crippen molar-refractivity contribution in [2.24, 2.45) is 0 Å². The minimum absolute atomic E-state index is 0.305. The smallest absolute Gasteiger partial charge is 0.135 e. The lowest BCUT2D eigenvalue weighted by molar-refractivity contribution is 0.669. The van der Waals surface area contributed by atoms with Crippen LogP contribution in [-0.2, 0) is 0 Å². The van der Waals surface area contributed by atoms with Gasteiger partial charge in [-0.25, -0.2) is 0 Å². The molecule has 158 valence electrons. The molecular weight excluding hydrogens is 402 g/mol. The van der Waals surface area contributed by atoms with E-state index in [0.717, 1.165) is 33.2 Å². The van der Waals surface area contributed by atoms with Crippen molar-refractivity contribution in [1.29, 1.82) is 0 Å². The van der Waals surface area contributed by atoms with E-state index >= 15 is 0 Å². The second-order valence-corrected chi connectivity index (χ2v) is 8.50. The second kappa shape index (κ2) is 8.07. The van der Waals surface area contributed by atoms with Gasteiger partial charge in [0.05, 0.1) is 5.69 Å². The number of rotatable bonds is 4. The lowest BCUT2D eigenvalue weighted by atomic mass is 9.92. The van der Waals surface area contributed by atoms with Gasteiger partial charge in [-0.05, 0) is 64.7 Å². The van der Waals surface area contributed by atoms with Crippen LogP contribution in [-0.4, -0.2) is 4.98 Å². The first kappa shape index (κ1) is 19.5. The van der Waals surface area contributed by atoms with Gasteiger partial charge in [0.2, 0.25) is 0 Å². The monoisotopic (exact) mass is 425 g/mol. The number of pyridine rings is 1. The number of hydrogen-bond donors (Lipinski definition) is 0. The van der Waals surface area contributed by atoms with E-state index in [1.165, 1.54) is 22.3 Å². The number of hydrogen-bond acceptors (Lipinski definition) is 2. The van der Waals surface area contributed by atoms with Crippen molar-refractivity contribution >= 4 is 21.9 Å². The van der Waals surface area contributed by atoms with E-state index < -0.39 is 0 Å². The largest absolute Gasteiger partial charge is 0.456 e. The van der Waals surface area contributed by atoms with Crippen LogP contribution in [0.1, 0.15) is 24.0 Å². The van der Waals surface area contributed by atoms with Crippen molar-refractivity contribution in [3.05, 3.63) is 127 Å². The van der Waals surface area contributed by atoms with Crippen molar-refractivity contribution in [1.82, 2.24) is 4.98 Å². The van der Waals surface area contributed by atoms with Crippen LogP contribution in [0.25, 0.3) is 44.3 Å². The Hall–Kier alpha value is -4.17. The molecule has 0 N–H and O–H groups in total. The molecule has 0 fully saturated rings. The summed E-state index contributed by atoms with van der Waals surface area (Å²) in [6.07, 6.45) is 1.91. The summed E-state index contributed by atoms with van der Waals surface area (Å²) in [6, 6.07) is 38.1. The Morgan fingerprint density at radius 3 is 1.94 bits per heavy atom. The molecule has 6 aromatic rings. The molecule has 0 aliphatic carbocycles. The molecule has 6 rings (SSSR count). The zero-order valence-corrected chi connectivity index (χ0v) is 18.4. The molecule has 0 saturated carbocycles. The highest BCUT2D eigenvalue weighted by Crippen LogP contribution is 2.35. The fourth-order valence-corrected chi connectivity index (χ4v) is 4.56. The minimum Gasteiger partial charge on any atom is -0.456 e. The molecule has 1 atom stereocenters. The lowest BCUT2D eigenvalue weighted by Crippen LogP contribution is -1.97. The third kappa shape index (κ3) is 3.60. The summed E-state index contributed by atoms with van der Waals surface area (Å²) < 4.78 is 6.13. The van der Waals surface area contributed by atoms with Gasteiger partial charge in [-0.3, -0.25) is 4.98 Å². The summed E-state index contributed by atoms with van der Waals surface area (Å²) in [5.41, 5.74) is 8.83. The van der Waals surface area contributed by atoms with E-state index in [-0.39, 0.29) is 0 Å². The van der Waals surface area contributed by atoms with Crippen LogP contribution >= 0.6 is 0 Å². The van der Waals surface area contributed by atoms with Gasteiger partial charge in [0.25, 0.3) is 0 Å². The Morgan fingerprint density at radius 2 is 1.21 bits per heavy atom. The van der Waals surface area contributed by atoms with E-state index in [0.29, 0.717) is 5.92 Å². The Morgan fingerprint density at radius 1 is 0.576 bits per heavy atom. The van der Waals surface area contributed by atoms with Gasteiger partial charge in [-0.2, -0.15) is 0 Å². The Kier molecular flexibility index (Phi) is 4.77. The molecule has 0 aliphatic rings. The summed E-state index contributed by atoms with van der Waals surface area (Å²) in [5, 5.41) is 2.24. The molecule has 0 saturated heterocycles. The molecular formula is C31H23NO. The first-order valence-corrected chi connectivity index (χ1v) is 11.3. The maximum Gasteiger partial charge on any atom is 0.135 e. The number of furan rings is 1. The predicted octanol–water partition coefficient (Wildman–Crippen LogP) is 8.47. The number of nitrogens with zero attached hydrogens (tertiary/aromatic N) is 1. The number of benzene rings is 4. The van der Waals surface area contributed by atoms with Crippen LogP contribution in [0.2, 0.25) is 0 Å². The summed E-state index contributed by atoms with van der Waals surface area (Å²) in [5.74, 6) is 0.305. The summed E-state index contributed by atoms with van der Waals surface area (Å²) in [4.78, 5) is 4.69. The molecule has 1 unspecified atom stereocenters. The van der Waals surface area contributed by atoms with Gasteiger partial charge in [0, 0.05) is 28.5 Å². The van der Waals surface area contributed by atoms with Gasteiger partial charge in [0.15, 0.2) is 0 Å². The highest BCUT2D eigenvalue weighted by atomic mass is 16.3. The molecule has 4 aromatic carbocycles. The minimum atomic E-state index is 0.305. The van der Waals surface area contributed by atoms with E-state index in [2.05, 4.69) is 110 Å². The number of fused-ring (bicyclic) bond motifs is 3. The fourth-order valence-electron chi connectivity index (χ4n) is 4.56. The molecule has 2 nitrogen and oxygen atoms in total. The fraction of sp³-hybridized carbons (Fsp3) is 0.0645. The quantitative estimate of drug-likeness (QED) is 0.283. The Balaban J connectivity index is 1.44. The van der Waals surface area contributed by atoms with Gasteiger partial charge in [0.1, 0.15) is 11.2 Å². The molecule has 2 heteroatoms. The zero-order chi connectivity index (χ0) is 22.2. The van der Waals surface area contributed by atoms with Gasteiger partial charge in [-0.15, -0.1) is 0 Å². The summed E-state index contributed by atoms with van der Waals surface area (Å²) in [7, 11) is 0. The van der Waals surface area contributed by atoms with Gasteiger partial charge >= 0.3 is 0 Å². The van der Waals surface area contributed by atoms with Crippen molar-refractivity contribution in [3.63, 3.8) is 0 Å². The van der Waals surface area contributed by atoms with Crippen molar-refractivity contribution in [3.8, 4) is 22.4 Å². The highest BCUT2D eigenvalue weighted by molar-refractivity contribution is 6.07. The molecule has 0 spiro atoms. The number of aromatic nitrogens is 1. The normalized spacial score (nSPS) is 12.3. The van der Waals surface area contributed by atoms with Crippen LogP contribution in [0.3, 0.4) is 0 Å². The molecule has 0 aliphatic heterocycles. The molecule has 0 radical (unpaired) electrons. The van der Waals surface area contributed by atoms with Crippen LogP contribution < -0.4 is 0 Å². The van der Waals surface area contributed by atoms with Gasteiger partial charge < -0.3 is 4.42 Å². The topological polar surface area (TPSA) is 26.0 Å². The van der Waals surface area contributed by atoms with Crippen LogP contribution in [0.4, 0.5) is 0 Å². The molecule has 33 heavy (non-hydrogen) atoms. The van der Waals surface area contributed by atoms with Crippen molar-refractivity contribution in [2.45, 2.75) is 12.8 Å². The maximum atomic E-state index is 6.13. The van der Waals surface area contributed by atoms with E-state index in [1.807, 2.05) is 12.3 Å². The molecule has 0 bridgehead atoms. The molecule has 0 amide bonds. The van der Waals surface area contributed by atoms with E-state index in [1.54, 1.807) is 0 Å². The maximum absolute atomic E-state index is 6.13. The van der Waals surface area contributed by atoms with Crippen LogP contribution in [0.15, 0.2) is 120 Å². The van der Waals surface area contributed by atoms with Crippen LogP contribution in [0.5, 0.6) is 0 Å². The van der Waals surface area contributed by atoms with Crippen molar-refractivity contribution < 1.29 is 4.42 Å². The third-order valence-corrected chi connectivity index (χ3v) is 6.46. The average molecular weight is 426 g/mol. The van der Waals surface area contributed by atoms with E-state index in [9.17, 15) is 0 Å². The first-order valence-electron chi connectivity index (χ1n) is 11.3. The SMILES string of the molecule is CC(c1ccccc1)c1ccnc(-c2ccc3oc4ccc(-c5ccccc5)cc4c3c2)c1. The zero-order valence-electron chi connectivity index (χ0n) is 18.4. The molecule has 2 aromatic heterocycles. The first-order chi connectivity index (χ1) is 16.3. The summed E-state index contributed by atoms with van der Waals surface area (Å²) in [6.45, 7) is 2.24. The molecule has 2 heterocycles. The second-order valence-electron chi connectivity index (χ2n) is 8.50.